The molecule has 1 aliphatic heterocycles. The van der Waals surface area contributed by atoms with E-state index in [1.165, 1.54) is 4.90 Å². The fourth-order valence-corrected chi connectivity index (χ4v) is 4.25. The summed E-state index contributed by atoms with van der Waals surface area (Å²) in [7, 11) is 0. The van der Waals surface area contributed by atoms with Crippen molar-refractivity contribution in [2.24, 2.45) is 11.3 Å². The SMILES string of the molecule is CC(C)Sc1ccccc1NC(=O)C1CC12CCNCC2.Cl. The van der Waals surface area contributed by atoms with Gasteiger partial charge in [0.2, 0.25) is 5.91 Å². The van der Waals surface area contributed by atoms with Crippen LogP contribution in [0, 0.1) is 11.3 Å². The van der Waals surface area contributed by atoms with Gasteiger partial charge in [0.15, 0.2) is 0 Å². The summed E-state index contributed by atoms with van der Waals surface area (Å²) in [4.78, 5) is 13.7. The van der Waals surface area contributed by atoms with Crippen LogP contribution in [0.1, 0.15) is 33.1 Å². The maximum absolute atomic E-state index is 12.5. The Balaban J connectivity index is 0.00000176. The van der Waals surface area contributed by atoms with Crippen LogP contribution in [0.4, 0.5) is 5.69 Å². The molecular weight excluding hydrogens is 316 g/mol. The fourth-order valence-electron chi connectivity index (χ4n) is 3.34. The quantitative estimate of drug-likeness (QED) is 0.816. The average Bonchev–Trinajstić information content (AvgIpc) is 3.15. The van der Waals surface area contributed by atoms with Gasteiger partial charge in [-0.05, 0) is 49.9 Å². The second kappa shape index (κ2) is 7.24. The number of anilines is 1. The summed E-state index contributed by atoms with van der Waals surface area (Å²) in [6.07, 6.45) is 3.36. The lowest BCUT2D eigenvalue weighted by atomic mass is 9.92. The highest BCUT2D eigenvalue weighted by molar-refractivity contribution is 8.00. The van der Waals surface area contributed by atoms with Gasteiger partial charge in [-0.15, -0.1) is 24.2 Å². The summed E-state index contributed by atoms with van der Waals surface area (Å²) >= 11 is 1.80. The van der Waals surface area contributed by atoms with Crippen LogP contribution in [-0.4, -0.2) is 24.2 Å². The lowest BCUT2D eigenvalue weighted by molar-refractivity contribution is -0.118. The first kappa shape index (κ1) is 17.6. The molecule has 2 N–H and O–H groups in total. The van der Waals surface area contributed by atoms with E-state index < -0.39 is 0 Å². The van der Waals surface area contributed by atoms with E-state index in [2.05, 4.69) is 30.5 Å². The molecule has 3 nitrogen and oxygen atoms in total. The standard InChI is InChI=1S/C17H24N2OS.ClH/c1-12(2)21-15-6-4-3-5-14(15)19-16(20)13-11-17(13)7-9-18-10-8-17;/h3-6,12-13,18H,7-11H2,1-2H3,(H,19,20);1H. The molecule has 1 unspecified atom stereocenters. The molecule has 3 rings (SSSR count). The van der Waals surface area contributed by atoms with Crippen molar-refractivity contribution >= 4 is 35.8 Å². The number of thioether (sulfide) groups is 1. The molecular formula is C17H25ClN2OS. The Morgan fingerprint density at radius 2 is 2.00 bits per heavy atom. The number of benzene rings is 1. The number of amides is 1. The Morgan fingerprint density at radius 3 is 2.68 bits per heavy atom. The van der Waals surface area contributed by atoms with E-state index in [0.717, 1.165) is 38.0 Å². The highest BCUT2D eigenvalue weighted by Crippen LogP contribution is 2.58. The predicted molar refractivity (Wildman–Crippen MR) is 96.0 cm³/mol. The predicted octanol–water partition coefficient (Wildman–Crippen LogP) is 3.94. The van der Waals surface area contributed by atoms with Gasteiger partial charge < -0.3 is 10.6 Å². The van der Waals surface area contributed by atoms with Crippen molar-refractivity contribution in [3.63, 3.8) is 0 Å². The Bertz CT molecular complexity index is 529. The minimum atomic E-state index is 0. The zero-order valence-electron chi connectivity index (χ0n) is 13.2. The average molecular weight is 341 g/mol. The topological polar surface area (TPSA) is 41.1 Å². The van der Waals surface area contributed by atoms with Gasteiger partial charge >= 0.3 is 0 Å². The number of hydrogen-bond donors (Lipinski definition) is 2. The number of hydrogen-bond acceptors (Lipinski definition) is 3. The molecule has 1 aromatic carbocycles. The summed E-state index contributed by atoms with van der Waals surface area (Å²) in [5.41, 5.74) is 1.27. The van der Waals surface area contributed by atoms with Crippen LogP contribution in [0.3, 0.4) is 0 Å². The van der Waals surface area contributed by atoms with Gasteiger partial charge in [-0.25, -0.2) is 0 Å². The Morgan fingerprint density at radius 1 is 1.32 bits per heavy atom. The largest absolute Gasteiger partial charge is 0.325 e. The molecule has 0 aromatic heterocycles. The van der Waals surface area contributed by atoms with Crippen LogP contribution in [0.15, 0.2) is 29.2 Å². The smallest absolute Gasteiger partial charge is 0.228 e. The van der Waals surface area contributed by atoms with Crippen LogP contribution in [0.2, 0.25) is 0 Å². The molecule has 1 aromatic rings. The van der Waals surface area contributed by atoms with Crippen molar-refractivity contribution in [2.75, 3.05) is 18.4 Å². The summed E-state index contributed by atoms with van der Waals surface area (Å²) in [5.74, 6) is 0.436. The Hall–Kier alpha value is -0.710. The first-order valence-electron chi connectivity index (χ1n) is 7.88. The summed E-state index contributed by atoms with van der Waals surface area (Å²) < 4.78 is 0. The minimum Gasteiger partial charge on any atom is -0.325 e. The van der Waals surface area contributed by atoms with E-state index >= 15 is 0 Å². The lowest BCUT2D eigenvalue weighted by Gasteiger charge is -2.23. The fraction of sp³-hybridized carbons (Fsp3) is 0.588. The third-order valence-corrected chi connectivity index (χ3v) is 5.69. The van der Waals surface area contributed by atoms with Crippen LogP contribution in [0.25, 0.3) is 0 Å². The molecule has 1 amide bonds. The number of piperidine rings is 1. The van der Waals surface area contributed by atoms with Crippen LogP contribution in [-0.2, 0) is 4.79 Å². The number of para-hydroxylation sites is 1. The third kappa shape index (κ3) is 3.79. The van der Waals surface area contributed by atoms with Gasteiger partial charge in [-0.1, -0.05) is 26.0 Å². The minimum absolute atomic E-state index is 0. The van der Waals surface area contributed by atoms with Gasteiger partial charge in [0.05, 0.1) is 5.69 Å². The summed E-state index contributed by atoms with van der Waals surface area (Å²) in [5, 5.41) is 7.07. The molecule has 2 fully saturated rings. The number of carbonyl (C=O) groups is 1. The number of halogens is 1. The molecule has 2 aliphatic rings. The molecule has 1 saturated heterocycles. The van der Waals surface area contributed by atoms with E-state index in [1.807, 2.05) is 18.2 Å². The van der Waals surface area contributed by atoms with Crippen molar-refractivity contribution in [1.82, 2.24) is 5.32 Å². The first-order valence-corrected chi connectivity index (χ1v) is 8.76. The molecule has 22 heavy (non-hydrogen) atoms. The van der Waals surface area contributed by atoms with Gasteiger partial charge in [-0.2, -0.15) is 0 Å². The van der Waals surface area contributed by atoms with E-state index in [0.29, 0.717) is 10.7 Å². The van der Waals surface area contributed by atoms with Crippen molar-refractivity contribution in [3.05, 3.63) is 24.3 Å². The van der Waals surface area contributed by atoms with Gasteiger partial charge in [-0.3, -0.25) is 4.79 Å². The summed E-state index contributed by atoms with van der Waals surface area (Å²) in [6, 6.07) is 8.13. The Kier molecular flexibility index (Phi) is 5.81. The van der Waals surface area contributed by atoms with Crippen molar-refractivity contribution in [3.8, 4) is 0 Å². The molecule has 1 spiro atoms. The van der Waals surface area contributed by atoms with E-state index in [-0.39, 0.29) is 24.2 Å². The molecule has 1 saturated carbocycles. The normalized spacial score (nSPS) is 22.2. The van der Waals surface area contributed by atoms with Crippen LogP contribution < -0.4 is 10.6 Å². The van der Waals surface area contributed by atoms with E-state index in [4.69, 9.17) is 0 Å². The first-order chi connectivity index (χ1) is 10.1. The van der Waals surface area contributed by atoms with Gasteiger partial charge in [0.25, 0.3) is 0 Å². The summed E-state index contributed by atoms with van der Waals surface area (Å²) in [6.45, 7) is 6.47. The van der Waals surface area contributed by atoms with Crippen molar-refractivity contribution < 1.29 is 4.79 Å². The number of rotatable bonds is 4. The highest BCUT2D eigenvalue weighted by atomic mass is 35.5. The molecule has 1 heterocycles. The second-order valence-corrected chi connectivity index (χ2v) is 8.14. The number of nitrogens with one attached hydrogen (secondary N) is 2. The molecule has 1 aliphatic carbocycles. The molecule has 1 atom stereocenters. The van der Waals surface area contributed by atoms with Crippen LogP contribution in [0.5, 0.6) is 0 Å². The maximum atomic E-state index is 12.5. The molecule has 122 valence electrons. The van der Waals surface area contributed by atoms with Gasteiger partial charge in [0, 0.05) is 16.1 Å². The van der Waals surface area contributed by atoms with Gasteiger partial charge in [0.1, 0.15) is 0 Å². The zero-order chi connectivity index (χ0) is 14.9. The van der Waals surface area contributed by atoms with Crippen LogP contribution >= 0.6 is 24.2 Å². The lowest BCUT2D eigenvalue weighted by Crippen LogP contribution is -2.31. The van der Waals surface area contributed by atoms with E-state index in [9.17, 15) is 4.79 Å². The highest BCUT2D eigenvalue weighted by Gasteiger charge is 2.57. The van der Waals surface area contributed by atoms with Crippen molar-refractivity contribution in [1.29, 1.82) is 0 Å². The zero-order valence-corrected chi connectivity index (χ0v) is 14.9. The monoisotopic (exact) mass is 340 g/mol. The molecule has 0 bridgehead atoms. The third-order valence-electron chi connectivity index (χ3n) is 4.61. The maximum Gasteiger partial charge on any atom is 0.228 e. The molecule has 5 heteroatoms. The van der Waals surface area contributed by atoms with Crippen molar-refractivity contribution in [2.45, 2.75) is 43.3 Å². The second-order valence-electron chi connectivity index (χ2n) is 6.52. The van der Waals surface area contributed by atoms with E-state index in [1.54, 1.807) is 11.8 Å². The molecule has 0 radical (unpaired) electrons. The Labute approximate surface area is 143 Å². The number of carbonyl (C=O) groups excluding carboxylic acids is 1.